The number of aliphatic carboxylic acids is 1. The van der Waals surface area contributed by atoms with E-state index in [2.05, 4.69) is 37.2 Å². The Kier molecular flexibility index (Phi) is 17.2. The monoisotopic (exact) mass is 747 g/mol. The van der Waals surface area contributed by atoms with Gasteiger partial charge in [0, 0.05) is 45.0 Å². The van der Waals surface area contributed by atoms with Crippen LogP contribution < -0.4 is 37.2 Å². The number of unbranched alkanes of at least 4 members (excludes halogenated alkanes) is 3. The number of thioether (sulfide) groups is 1. The van der Waals surface area contributed by atoms with Crippen LogP contribution in [-0.4, -0.2) is 112 Å². The molecule has 286 valence electrons. The summed E-state index contributed by atoms with van der Waals surface area (Å²) < 4.78 is 0. The van der Waals surface area contributed by atoms with Gasteiger partial charge in [-0.3, -0.25) is 28.8 Å². The van der Waals surface area contributed by atoms with Gasteiger partial charge in [-0.1, -0.05) is 18.6 Å². The molecule has 2 fully saturated rings. The van der Waals surface area contributed by atoms with Crippen molar-refractivity contribution in [1.82, 2.24) is 37.2 Å². The first-order chi connectivity index (χ1) is 24.9. The van der Waals surface area contributed by atoms with Gasteiger partial charge in [0.2, 0.25) is 29.5 Å². The third-order valence-corrected chi connectivity index (χ3v) is 9.99. The molecular formula is C34H49N7O10S. The second-order valence-corrected chi connectivity index (χ2v) is 14.0. The second-order valence-electron chi connectivity index (χ2n) is 12.8. The highest BCUT2D eigenvalue weighted by Gasteiger charge is 2.46. The average Bonchev–Trinajstić information content (AvgIpc) is 3.66. The fourth-order valence-electron chi connectivity index (χ4n) is 5.82. The van der Waals surface area contributed by atoms with Gasteiger partial charge >= 0.3 is 12.0 Å². The minimum Gasteiger partial charge on any atom is -0.508 e. The van der Waals surface area contributed by atoms with E-state index in [0.717, 1.165) is 6.42 Å². The predicted octanol–water partition coefficient (Wildman–Crippen LogP) is -0.399. The lowest BCUT2D eigenvalue weighted by atomic mass is 10.0. The molecule has 3 unspecified atom stereocenters. The summed E-state index contributed by atoms with van der Waals surface area (Å²) in [6.07, 6.45) is 3.33. The highest BCUT2D eigenvalue weighted by atomic mass is 32.2. The summed E-state index contributed by atoms with van der Waals surface area (Å²) in [5, 5.41) is 37.2. The molecule has 9 N–H and O–H groups in total. The quantitative estimate of drug-likeness (QED) is 0.0395. The minimum atomic E-state index is -1.14. The van der Waals surface area contributed by atoms with Crippen molar-refractivity contribution in [2.45, 2.75) is 107 Å². The van der Waals surface area contributed by atoms with Crippen LogP contribution in [0.3, 0.4) is 0 Å². The van der Waals surface area contributed by atoms with Crippen LogP contribution in [0.25, 0.3) is 0 Å². The minimum absolute atomic E-state index is 0.0281. The fourth-order valence-corrected chi connectivity index (χ4v) is 7.23. The molecule has 1 aromatic carbocycles. The number of amides is 7. The largest absolute Gasteiger partial charge is 0.508 e. The number of rotatable bonds is 23. The number of phenolic OH excluding ortho intramolecular Hbond substituents is 1. The molecule has 0 spiro atoms. The number of carbonyl (C=O) groups is 8. The van der Waals surface area contributed by atoms with Crippen LogP contribution in [0.15, 0.2) is 24.3 Å². The van der Waals surface area contributed by atoms with Gasteiger partial charge in [0.05, 0.1) is 18.1 Å². The van der Waals surface area contributed by atoms with Crippen molar-refractivity contribution in [3.63, 3.8) is 0 Å². The summed E-state index contributed by atoms with van der Waals surface area (Å²) >= 11 is 1.51. The van der Waals surface area contributed by atoms with Crippen LogP contribution in [0.2, 0.25) is 0 Å². The first-order valence-corrected chi connectivity index (χ1v) is 18.5. The molecule has 0 radical (unpaired) electrons. The third kappa shape index (κ3) is 14.4. The van der Waals surface area contributed by atoms with Crippen LogP contribution in [-0.2, 0) is 40.0 Å². The van der Waals surface area contributed by atoms with Gasteiger partial charge in [0.15, 0.2) is 0 Å². The lowest BCUT2D eigenvalue weighted by Gasteiger charge is -2.24. The topological polar surface area (TPSA) is 261 Å². The first-order valence-electron chi connectivity index (χ1n) is 17.4. The molecule has 17 nitrogen and oxygen atoms in total. The summed E-state index contributed by atoms with van der Waals surface area (Å²) in [5.41, 5.74) is 0.639. The van der Waals surface area contributed by atoms with Gasteiger partial charge in [-0.15, -0.1) is 11.8 Å². The van der Waals surface area contributed by atoms with E-state index in [9.17, 15) is 43.5 Å². The lowest BCUT2D eigenvalue weighted by Crippen LogP contribution is -2.55. The van der Waals surface area contributed by atoms with Crippen LogP contribution in [0.4, 0.5) is 4.79 Å². The number of hydrogen-bond acceptors (Lipinski definition) is 10. The maximum atomic E-state index is 13.3. The van der Waals surface area contributed by atoms with Crippen molar-refractivity contribution in [2.75, 3.05) is 18.8 Å². The zero-order valence-corrected chi connectivity index (χ0v) is 29.9. The number of carbonyl (C=O) groups excluding carboxylic acids is 7. The lowest BCUT2D eigenvalue weighted by molar-refractivity contribution is -0.137. The molecule has 7 amide bonds. The smallest absolute Gasteiger partial charge is 0.315 e. The molecule has 0 aliphatic carbocycles. The van der Waals surface area contributed by atoms with E-state index in [0.29, 0.717) is 62.8 Å². The number of carboxylic acid groups (broad SMARTS) is 1. The molecule has 3 rings (SSSR count). The van der Waals surface area contributed by atoms with Crippen molar-refractivity contribution >= 4 is 59.6 Å². The molecule has 1 aromatic rings. The van der Waals surface area contributed by atoms with Crippen molar-refractivity contribution in [1.29, 1.82) is 0 Å². The zero-order chi connectivity index (χ0) is 38.0. The Morgan fingerprint density at radius 2 is 1.56 bits per heavy atom. The van der Waals surface area contributed by atoms with Gasteiger partial charge in [0.1, 0.15) is 29.4 Å². The molecule has 2 aliphatic heterocycles. The summed E-state index contributed by atoms with van der Waals surface area (Å²) in [6.45, 7) is 2.03. The normalized spacial score (nSPS) is 19.1. The maximum Gasteiger partial charge on any atom is 0.315 e. The molecule has 18 heteroatoms. The fraction of sp³-hybridized carbons (Fsp3) is 0.588. The molecular weight excluding hydrogens is 698 g/mol. The van der Waals surface area contributed by atoms with Crippen molar-refractivity contribution in [2.24, 2.45) is 0 Å². The van der Waals surface area contributed by atoms with E-state index in [1.165, 1.54) is 30.8 Å². The number of carboxylic acids is 1. The molecule has 0 aromatic heterocycles. The predicted molar refractivity (Wildman–Crippen MR) is 190 cm³/mol. The average molecular weight is 748 g/mol. The molecule has 2 saturated heterocycles. The van der Waals surface area contributed by atoms with Crippen LogP contribution >= 0.6 is 11.8 Å². The number of benzene rings is 1. The van der Waals surface area contributed by atoms with E-state index >= 15 is 0 Å². The van der Waals surface area contributed by atoms with E-state index in [4.69, 9.17) is 5.11 Å². The molecule has 6 atom stereocenters. The number of hydrogen-bond donors (Lipinski definition) is 9. The van der Waals surface area contributed by atoms with E-state index in [-0.39, 0.29) is 66.6 Å². The number of aromatic hydroxyl groups is 1. The third-order valence-electron chi connectivity index (χ3n) is 8.57. The molecule has 52 heavy (non-hydrogen) atoms. The van der Waals surface area contributed by atoms with Crippen LogP contribution in [0, 0.1) is 0 Å². The summed E-state index contributed by atoms with van der Waals surface area (Å²) in [6, 6.07) is 2.28. The highest BCUT2D eigenvalue weighted by molar-refractivity contribution is 8.01. The maximum absolute atomic E-state index is 13.3. The Bertz CT molecular complexity index is 1430. The summed E-state index contributed by atoms with van der Waals surface area (Å²) in [4.78, 5) is 97.3. The van der Waals surface area contributed by atoms with E-state index in [1.54, 1.807) is 12.1 Å². The Morgan fingerprint density at radius 1 is 0.865 bits per heavy atom. The Labute approximate surface area is 305 Å². The summed E-state index contributed by atoms with van der Waals surface area (Å²) in [7, 11) is 0. The Balaban J connectivity index is 1.41. The van der Waals surface area contributed by atoms with Gasteiger partial charge < -0.3 is 52.2 Å². The number of phenols is 1. The summed E-state index contributed by atoms with van der Waals surface area (Å²) in [5.74, 6) is -2.52. The van der Waals surface area contributed by atoms with Gasteiger partial charge in [-0.25, -0.2) is 4.79 Å². The van der Waals surface area contributed by atoms with Gasteiger partial charge in [-0.2, -0.15) is 0 Å². The second kappa shape index (κ2) is 21.5. The van der Waals surface area contributed by atoms with Crippen LogP contribution in [0.1, 0.15) is 70.3 Å². The molecule has 0 saturated carbocycles. The van der Waals surface area contributed by atoms with E-state index < -0.39 is 41.8 Å². The first kappa shape index (κ1) is 41.5. The Morgan fingerprint density at radius 3 is 2.25 bits per heavy atom. The standard InChI is InChI=1S/C34H49N7O10S/c1-20(43)37-25(17-21-9-12-23(44)13-10-21)32(49)39-24(31(48)38-22(18-42)11-14-28(46)47)7-4-6-15-35-27(45)8-3-2-5-16-36-33(50)30-29-26(19-52-30)40-34(51)41-29/h9-10,12-13,18,22,24-26,29-30,44H,2-8,11,14-17,19H2,1H3,(H,35,45)(H,36,50)(H,37,43)(H,38,48)(H,39,49)(H,46,47)(H2,40,41,51)/t22-,24-,25-,26?,29?,30?/m0/s1. The number of nitrogens with one attached hydrogen (secondary N) is 7. The number of aldehydes is 1. The molecule has 2 heterocycles. The SMILES string of the molecule is CC(=O)N[C@@H](Cc1ccc(O)cc1)C(=O)N[C@@H](CCCCNC(=O)CCCCCNC(=O)C1SCC2NC(=O)NC21)C(=O)N[C@H](C=O)CCC(=O)O. The highest BCUT2D eigenvalue weighted by Crippen LogP contribution is 2.29. The van der Waals surface area contributed by atoms with Crippen LogP contribution in [0.5, 0.6) is 5.75 Å². The van der Waals surface area contributed by atoms with Gasteiger partial charge in [0.25, 0.3) is 0 Å². The van der Waals surface area contributed by atoms with E-state index in [1.807, 2.05) is 0 Å². The molecule has 2 aliphatic rings. The zero-order valence-electron chi connectivity index (χ0n) is 29.1. The van der Waals surface area contributed by atoms with Crippen molar-refractivity contribution in [3.8, 4) is 5.75 Å². The Hall–Kier alpha value is -4.87. The molecule has 0 bridgehead atoms. The number of fused-ring (bicyclic) bond motifs is 1. The van der Waals surface area contributed by atoms with Crippen molar-refractivity contribution in [3.05, 3.63) is 29.8 Å². The van der Waals surface area contributed by atoms with Crippen molar-refractivity contribution < 1.29 is 48.6 Å². The van der Waals surface area contributed by atoms with Gasteiger partial charge in [-0.05, 0) is 56.2 Å². The number of urea groups is 1.